The van der Waals surface area contributed by atoms with E-state index < -0.39 is 5.97 Å². The zero-order valence-electron chi connectivity index (χ0n) is 12.4. The van der Waals surface area contributed by atoms with Gasteiger partial charge in [0.2, 0.25) is 0 Å². The van der Waals surface area contributed by atoms with Crippen LogP contribution in [0.1, 0.15) is 47.0 Å². The second-order valence-corrected chi connectivity index (χ2v) is 5.60. The Morgan fingerprint density at radius 1 is 1.42 bits per heavy atom. The predicted molar refractivity (Wildman–Crippen MR) is 76.1 cm³/mol. The molecular formula is C14H26N2O3. The number of hydrogen-bond donors (Lipinski definition) is 2. The summed E-state index contributed by atoms with van der Waals surface area (Å²) in [4.78, 5) is 24.6. The summed E-state index contributed by atoms with van der Waals surface area (Å²) in [7, 11) is 0. The third-order valence-corrected chi connectivity index (χ3v) is 2.75. The molecule has 0 fully saturated rings. The smallest absolute Gasteiger partial charge is 0.318 e. The Balaban J connectivity index is 4.74. The molecule has 1 atom stereocenters. The van der Waals surface area contributed by atoms with Gasteiger partial charge in [0.1, 0.15) is 0 Å². The lowest BCUT2D eigenvalue weighted by molar-refractivity contribution is -0.137. The van der Waals surface area contributed by atoms with Crippen LogP contribution in [0.25, 0.3) is 0 Å². The lowest BCUT2D eigenvalue weighted by atomic mass is 10.1. The number of rotatable bonds is 7. The van der Waals surface area contributed by atoms with E-state index in [1.165, 1.54) is 0 Å². The van der Waals surface area contributed by atoms with E-state index in [0.717, 1.165) is 6.42 Å². The van der Waals surface area contributed by atoms with Crippen molar-refractivity contribution in [2.75, 3.05) is 6.54 Å². The van der Waals surface area contributed by atoms with E-state index in [1.807, 2.05) is 27.7 Å². The van der Waals surface area contributed by atoms with Gasteiger partial charge in [-0.2, -0.15) is 0 Å². The summed E-state index contributed by atoms with van der Waals surface area (Å²) in [5, 5.41) is 11.6. The molecule has 5 heteroatoms. The van der Waals surface area contributed by atoms with Crippen molar-refractivity contribution in [3.8, 4) is 0 Å². The number of hydrogen-bond acceptors (Lipinski definition) is 2. The zero-order chi connectivity index (χ0) is 15.1. The second kappa shape index (κ2) is 7.81. The van der Waals surface area contributed by atoms with Gasteiger partial charge >= 0.3 is 12.0 Å². The SMILES string of the molecule is C=CCN(C(=O)NC(CCC)CC(=O)O)C(C)(C)C. The number of nitrogens with zero attached hydrogens (tertiary/aromatic N) is 1. The van der Waals surface area contributed by atoms with Gasteiger partial charge in [0.25, 0.3) is 0 Å². The number of aliphatic carboxylic acids is 1. The van der Waals surface area contributed by atoms with Gasteiger partial charge in [-0.1, -0.05) is 19.4 Å². The largest absolute Gasteiger partial charge is 0.481 e. The molecule has 110 valence electrons. The summed E-state index contributed by atoms with van der Waals surface area (Å²) in [6.45, 7) is 11.8. The zero-order valence-corrected chi connectivity index (χ0v) is 12.4. The molecule has 0 spiro atoms. The molecule has 0 aliphatic rings. The van der Waals surface area contributed by atoms with E-state index >= 15 is 0 Å². The lowest BCUT2D eigenvalue weighted by Crippen LogP contribution is -2.53. The molecule has 0 heterocycles. The second-order valence-electron chi connectivity index (χ2n) is 5.60. The topological polar surface area (TPSA) is 69.6 Å². The Morgan fingerprint density at radius 3 is 2.37 bits per heavy atom. The first-order chi connectivity index (χ1) is 8.72. The Labute approximate surface area is 115 Å². The average Bonchev–Trinajstić information content (AvgIpc) is 2.23. The van der Waals surface area contributed by atoms with E-state index in [-0.39, 0.29) is 24.0 Å². The minimum Gasteiger partial charge on any atom is -0.481 e. The van der Waals surface area contributed by atoms with Crippen LogP contribution in [0.5, 0.6) is 0 Å². The fourth-order valence-corrected chi connectivity index (χ4v) is 1.83. The van der Waals surface area contributed by atoms with Crippen LogP contribution in [-0.2, 0) is 4.79 Å². The van der Waals surface area contributed by atoms with Gasteiger partial charge in [-0.15, -0.1) is 6.58 Å². The number of nitrogens with one attached hydrogen (secondary N) is 1. The normalized spacial score (nSPS) is 12.6. The first kappa shape index (κ1) is 17.5. The first-order valence-corrected chi connectivity index (χ1v) is 6.63. The Bertz CT molecular complexity index is 321. The Morgan fingerprint density at radius 2 is 2.00 bits per heavy atom. The molecule has 2 N–H and O–H groups in total. The average molecular weight is 270 g/mol. The minimum atomic E-state index is -0.898. The number of carbonyl (C=O) groups excluding carboxylic acids is 1. The molecule has 0 saturated carbocycles. The number of urea groups is 1. The van der Waals surface area contributed by atoms with E-state index in [0.29, 0.717) is 13.0 Å². The van der Waals surface area contributed by atoms with Crippen molar-refractivity contribution in [2.24, 2.45) is 0 Å². The summed E-state index contributed by atoms with van der Waals surface area (Å²) in [5.74, 6) is -0.898. The molecule has 2 amide bonds. The van der Waals surface area contributed by atoms with Crippen LogP contribution in [0.3, 0.4) is 0 Å². The highest BCUT2D eigenvalue weighted by atomic mass is 16.4. The van der Waals surface area contributed by atoms with Crippen LogP contribution in [-0.4, -0.2) is 40.1 Å². The molecule has 0 saturated heterocycles. The first-order valence-electron chi connectivity index (χ1n) is 6.63. The van der Waals surface area contributed by atoms with Crippen LogP contribution in [0.15, 0.2) is 12.7 Å². The van der Waals surface area contributed by atoms with Crippen molar-refractivity contribution < 1.29 is 14.7 Å². The highest BCUT2D eigenvalue weighted by Gasteiger charge is 2.27. The van der Waals surface area contributed by atoms with E-state index in [1.54, 1.807) is 11.0 Å². The highest BCUT2D eigenvalue weighted by Crippen LogP contribution is 2.14. The summed E-state index contributed by atoms with van der Waals surface area (Å²) >= 11 is 0. The van der Waals surface area contributed by atoms with Crippen LogP contribution < -0.4 is 5.32 Å². The standard InChI is InChI=1S/C14H26N2O3/c1-6-8-11(10-12(17)18)15-13(19)16(9-7-2)14(3,4)5/h7,11H,2,6,8-10H2,1,3-5H3,(H,15,19)(H,17,18). The molecule has 1 unspecified atom stereocenters. The van der Waals surface area contributed by atoms with Gasteiger partial charge in [-0.25, -0.2) is 4.79 Å². The number of carboxylic acids is 1. The maximum atomic E-state index is 12.2. The maximum absolute atomic E-state index is 12.2. The third kappa shape index (κ3) is 6.84. The van der Waals surface area contributed by atoms with Crippen molar-refractivity contribution in [2.45, 2.75) is 58.5 Å². The van der Waals surface area contributed by atoms with Crippen molar-refractivity contribution in [3.63, 3.8) is 0 Å². The fourth-order valence-electron chi connectivity index (χ4n) is 1.83. The van der Waals surface area contributed by atoms with Gasteiger partial charge in [0.15, 0.2) is 0 Å². The van der Waals surface area contributed by atoms with Crippen LogP contribution in [0.4, 0.5) is 4.79 Å². The van der Waals surface area contributed by atoms with Gasteiger partial charge in [-0.3, -0.25) is 4.79 Å². The van der Waals surface area contributed by atoms with Crippen LogP contribution in [0.2, 0.25) is 0 Å². The summed E-state index contributed by atoms with van der Waals surface area (Å²) in [6.07, 6.45) is 3.10. The van der Waals surface area contributed by atoms with Gasteiger partial charge in [0.05, 0.1) is 6.42 Å². The molecule has 0 aromatic rings. The molecular weight excluding hydrogens is 244 g/mol. The number of carboxylic acid groups (broad SMARTS) is 1. The quantitative estimate of drug-likeness (QED) is 0.699. The van der Waals surface area contributed by atoms with Crippen molar-refractivity contribution >= 4 is 12.0 Å². The number of carbonyl (C=O) groups is 2. The van der Waals surface area contributed by atoms with Gasteiger partial charge in [-0.05, 0) is 27.2 Å². The Kier molecular flexibility index (Phi) is 7.19. The molecule has 0 radical (unpaired) electrons. The van der Waals surface area contributed by atoms with Crippen molar-refractivity contribution in [3.05, 3.63) is 12.7 Å². The fraction of sp³-hybridized carbons (Fsp3) is 0.714. The molecule has 0 aromatic carbocycles. The minimum absolute atomic E-state index is 0.0499. The molecule has 0 aliphatic carbocycles. The summed E-state index contributed by atoms with van der Waals surface area (Å²) in [5.41, 5.74) is -0.335. The Hall–Kier alpha value is -1.52. The molecule has 5 nitrogen and oxygen atoms in total. The van der Waals surface area contributed by atoms with Crippen LogP contribution >= 0.6 is 0 Å². The predicted octanol–water partition coefficient (Wildman–Crippen LogP) is 2.63. The third-order valence-electron chi connectivity index (χ3n) is 2.75. The highest BCUT2D eigenvalue weighted by molar-refractivity contribution is 5.76. The van der Waals surface area contributed by atoms with Gasteiger partial charge < -0.3 is 15.3 Å². The molecule has 0 aliphatic heterocycles. The molecule has 0 rings (SSSR count). The molecule has 19 heavy (non-hydrogen) atoms. The summed E-state index contributed by atoms with van der Waals surface area (Å²) < 4.78 is 0. The van der Waals surface area contributed by atoms with E-state index in [9.17, 15) is 9.59 Å². The van der Waals surface area contributed by atoms with E-state index in [4.69, 9.17) is 5.11 Å². The number of amides is 2. The molecule has 0 aromatic heterocycles. The maximum Gasteiger partial charge on any atom is 0.318 e. The van der Waals surface area contributed by atoms with Gasteiger partial charge in [0, 0.05) is 18.1 Å². The van der Waals surface area contributed by atoms with Crippen LogP contribution in [0, 0.1) is 0 Å². The molecule has 0 bridgehead atoms. The van der Waals surface area contributed by atoms with Crippen molar-refractivity contribution in [1.82, 2.24) is 10.2 Å². The lowest BCUT2D eigenvalue weighted by Gasteiger charge is -2.36. The van der Waals surface area contributed by atoms with E-state index in [2.05, 4.69) is 11.9 Å². The van der Waals surface area contributed by atoms with Crippen molar-refractivity contribution in [1.29, 1.82) is 0 Å². The monoisotopic (exact) mass is 270 g/mol. The summed E-state index contributed by atoms with van der Waals surface area (Å²) in [6, 6.07) is -0.572.